The number of nitrogens with zero attached hydrogens (tertiary/aromatic N) is 2. The minimum Gasteiger partial charge on any atom is -0.241 e. The Morgan fingerprint density at radius 1 is 1.21 bits per heavy atom. The lowest BCUT2D eigenvalue weighted by Gasteiger charge is -2.23. The zero-order valence-electron chi connectivity index (χ0n) is 10.2. The molecule has 10 heteroatoms. The fourth-order valence-corrected chi connectivity index (χ4v) is 5.22. The van der Waals surface area contributed by atoms with E-state index in [1.54, 1.807) is 0 Å². The van der Waals surface area contributed by atoms with Gasteiger partial charge in [0.1, 0.15) is 5.69 Å². The maximum atomic E-state index is 12.0. The molecule has 0 aliphatic heterocycles. The van der Waals surface area contributed by atoms with E-state index in [1.165, 1.54) is 26.1 Å². The van der Waals surface area contributed by atoms with Crippen LogP contribution in [0.5, 0.6) is 0 Å². The molecule has 0 aliphatic carbocycles. The molecule has 19 heavy (non-hydrogen) atoms. The van der Waals surface area contributed by atoms with Crippen molar-refractivity contribution in [2.45, 2.75) is 13.8 Å². The maximum absolute atomic E-state index is 12.0. The molecule has 1 rings (SSSR count). The number of pyridine rings is 1. The summed E-state index contributed by atoms with van der Waals surface area (Å²) in [6.45, 7) is 2.71. The molecule has 0 atom stereocenters. The number of anilines is 1. The van der Waals surface area contributed by atoms with Gasteiger partial charge in [-0.1, -0.05) is 11.6 Å². The van der Waals surface area contributed by atoms with Gasteiger partial charge >= 0.3 is 0 Å². The fourth-order valence-electron chi connectivity index (χ4n) is 1.25. The minimum absolute atomic E-state index is 0.181. The Morgan fingerprint density at radius 3 is 2.11 bits per heavy atom. The predicted molar refractivity (Wildman–Crippen MR) is 78.3 cm³/mol. The van der Waals surface area contributed by atoms with Crippen LogP contribution < -0.4 is 3.71 Å². The maximum Gasteiger partial charge on any atom is 0.248 e. The summed E-state index contributed by atoms with van der Waals surface area (Å²) in [6, 6.07) is 1.30. The fraction of sp³-hybridized carbons (Fsp3) is 0.444. The molecule has 0 radical (unpaired) electrons. The first-order valence-electron chi connectivity index (χ1n) is 5.22. The molecule has 1 aromatic rings. The quantitative estimate of drug-likeness (QED) is 0.717. The first-order valence-corrected chi connectivity index (χ1v) is 9.61. The van der Waals surface area contributed by atoms with E-state index in [2.05, 4.69) is 20.9 Å². The van der Waals surface area contributed by atoms with E-state index in [0.29, 0.717) is 8.18 Å². The Bertz CT molecular complexity index is 641. The van der Waals surface area contributed by atoms with E-state index in [4.69, 9.17) is 11.6 Å². The summed E-state index contributed by atoms with van der Waals surface area (Å²) in [6.07, 6.45) is 1.35. The Hall–Kier alpha value is -0.380. The van der Waals surface area contributed by atoms with Crippen LogP contribution in [-0.4, -0.2) is 33.3 Å². The lowest BCUT2D eigenvalue weighted by molar-refractivity contribution is 0.585. The van der Waals surface area contributed by atoms with Crippen molar-refractivity contribution in [3.8, 4) is 0 Å². The number of hydrogen-bond donors (Lipinski definition) is 0. The van der Waals surface area contributed by atoms with Gasteiger partial charge < -0.3 is 0 Å². The Morgan fingerprint density at radius 2 is 1.68 bits per heavy atom. The average Bonchev–Trinajstić information content (AvgIpc) is 2.33. The summed E-state index contributed by atoms with van der Waals surface area (Å²) < 4.78 is 48.8. The lowest BCUT2D eigenvalue weighted by Crippen LogP contribution is -2.39. The molecule has 0 bridgehead atoms. The summed E-state index contributed by atoms with van der Waals surface area (Å²) in [7, 11) is -8.04. The first kappa shape index (κ1) is 16.7. The topological polar surface area (TPSA) is 84.4 Å². The molecular weight excluding hydrogens is 380 g/mol. The zero-order valence-corrected chi connectivity index (χ0v) is 14.1. The second kappa shape index (κ2) is 5.94. The third-order valence-electron chi connectivity index (χ3n) is 2.22. The average molecular weight is 392 g/mol. The van der Waals surface area contributed by atoms with Crippen molar-refractivity contribution >= 4 is 53.3 Å². The van der Waals surface area contributed by atoms with Gasteiger partial charge in [0.15, 0.2) is 5.15 Å². The van der Waals surface area contributed by atoms with Gasteiger partial charge in [0.25, 0.3) is 0 Å². The second-order valence-corrected chi connectivity index (χ2v) is 9.18. The van der Waals surface area contributed by atoms with E-state index in [-0.39, 0.29) is 22.3 Å². The van der Waals surface area contributed by atoms with E-state index in [0.717, 1.165) is 0 Å². The molecule has 6 nitrogen and oxygen atoms in total. The van der Waals surface area contributed by atoms with Gasteiger partial charge in [-0.2, -0.15) is 3.71 Å². The molecule has 0 unspecified atom stereocenters. The number of sulfonamides is 2. The highest BCUT2D eigenvalue weighted by atomic mass is 79.9. The van der Waals surface area contributed by atoms with Crippen LogP contribution in [0.4, 0.5) is 5.69 Å². The van der Waals surface area contributed by atoms with Crippen LogP contribution in [0.15, 0.2) is 16.7 Å². The molecule has 0 saturated carbocycles. The van der Waals surface area contributed by atoms with Gasteiger partial charge in [0, 0.05) is 10.7 Å². The molecule has 0 amide bonds. The van der Waals surface area contributed by atoms with Gasteiger partial charge in [-0.25, -0.2) is 21.8 Å². The Balaban J connectivity index is 3.63. The summed E-state index contributed by atoms with van der Waals surface area (Å²) in [5.41, 5.74) is -0.181. The van der Waals surface area contributed by atoms with Crippen molar-refractivity contribution in [3.63, 3.8) is 0 Å². The van der Waals surface area contributed by atoms with Crippen molar-refractivity contribution in [2.75, 3.05) is 15.2 Å². The van der Waals surface area contributed by atoms with Crippen molar-refractivity contribution in [1.29, 1.82) is 0 Å². The van der Waals surface area contributed by atoms with E-state index >= 15 is 0 Å². The monoisotopic (exact) mass is 390 g/mol. The zero-order chi connectivity index (χ0) is 14.8. The van der Waals surface area contributed by atoms with Crippen molar-refractivity contribution in [3.05, 3.63) is 21.9 Å². The summed E-state index contributed by atoms with van der Waals surface area (Å²) in [4.78, 5) is 3.74. The van der Waals surface area contributed by atoms with Crippen LogP contribution in [-0.2, 0) is 20.0 Å². The molecule has 0 aliphatic rings. The van der Waals surface area contributed by atoms with Crippen molar-refractivity contribution in [2.24, 2.45) is 0 Å². The number of hydrogen-bond acceptors (Lipinski definition) is 5. The summed E-state index contributed by atoms with van der Waals surface area (Å²) >= 11 is 8.92. The van der Waals surface area contributed by atoms with Crippen LogP contribution in [0.3, 0.4) is 0 Å². The van der Waals surface area contributed by atoms with Gasteiger partial charge in [-0.3, -0.25) is 0 Å². The Labute approximate surface area is 126 Å². The Kier molecular flexibility index (Phi) is 5.21. The smallest absolute Gasteiger partial charge is 0.241 e. The highest BCUT2D eigenvalue weighted by molar-refractivity contribution is 9.10. The largest absolute Gasteiger partial charge is 0.248 e. The molecule has 0 N–H and O–H groups in total. The van der Waals surface area contributed by atoms with Crippen molar-refractivity contribution < 1.29 is 16.8 Å². The van der Waals surface area contributed by atoms with Gasteiger partial charge in [0.2, 0.25) is 20.0 Å². The van der Waals surface area contributed by atoms with Crippen LogP contribution in [0, 0.1) is 0 Å². The van der Waals surface area contributed by atoms with E-state index < -0.39 is 20.0 Å². The van der Waals surface area contributed by atoms with Gasteiger partial charge in [0.05, 0.1) is 11.5 Å². The van der Waals surface area contributed by atoms with E-state index in [9.17, 15) is 16.8 Å². The molecule has 0 aromatic carbocycles. The SMILES string of the molecule is CCS(=O)(=O)N(c1cc(Br)cnc1Cl)S(=O)(=O)CC. The molecule has 0 spiro atoms. The minimum atomic E-state index is -4.02. The van der Waals surface area contributed by atoms with Gasteiger partial charge in [-0.15, -0.1) is 0 Å². The van der Waals surface area contributed by atoms with Crippen LogP contribution in [0.25, 0.3) is 0 Å². The molecule has 1 aromatic heterocycles. The van der Waals surface area contributed by atoms with E-state index in [1.807, 2.05) is 0 Å². The summed E-state index contributed by atoms with van der Waals surface area (Å²) in [5.74, 6) is -0.732. The third kappa shape index (κ3) is 3.59. The van der Waals surface area contributed by atoms with Crippen LogP contribution in [0.1, 0.15) is 13.8 Å². The predicted octanol–water partition coefficient (Wildman–Crippen LogP) is 2.00. The molecule has 1 heterocycles. The van der Waals surface area contributed by atoms with Crippen LogP contribution >= 0.6 is 27.5 Å². The lowest BCUT2D eigenvalue weighted by atomic mass is 10.4. The number of halogens is 2. The second-order valence-electron chi connectivity index (χ2n) is 3.46. The first-order chi connectivity index (χ1) is 8.65. The highest BCUT2D eigenvalue weighted by Gasteiger charge is 2.33. The number of rotatable bonds is 5. The molecular formula is C9H12BrClN2O4S2. The molecule has 108 valence electrons. The highest BCUT2D eigenvalue weighted by Crippen LogP contribution is 2.31. The summed E-state index contributed by atoms with van der Waals surface area (Å²) in [5, 5.41) is -0.197. The standard InChI is InChI=1S/C9H12BrClN2O4S2/c1-3-18(14,15)13(19(16,17)4-2)8-5-7(10)6-12-9(8)11/h5-6H,3-4H2,1-2H3. The normalized spacial score (nSPS) is 12.4. The van der Waals surface area contributed by atoms with Crippen LogP contribution in [0.2, 0.25) is 5.15 Å². The number of aromatic nitrogens is 1. The third-order valence-corrected chi connectivity index (χ3v) is 7.17. The van der Waals surface area contributed by atoms with Gasteiger partial charge in [-0.05, 0) is 35.8 Å². The van der Waals surface area contributed by atoms with Crippen molar-refractivity contribution in [1.82, 2.24) is 4.98 Å². The molecule has 0 saturated heterocycles. The molecule has 0 fully saturated rings.